The lowest BCUT2D eigenvalue weighted by Gasteiger charge is -2.29. The van der Waals surface area contributed by atoms with Crippen LogP contribution < -0.4 is 0 Å². The van der Waals surface area contributed by atoms with Gasteiger partial charge in [0.2, 0.25) is 10.0 Å². The lowest BCUT2D eigenvalue weighted by atomic mass is 10.1. The normalized spacial score (nSPS) is 21.5. The summed E-state index contributed by atoms with van der Waals surface area (Å²) in [6.07, 6.45) is 2.87. The van der Waals surface area contributed by atoms with Crippen LogP contribution in [0, 0.1) is 0 Å². The zero-order valence-electron chi connectivity index (χ0n) is 11.2. The minimum absolute atomic E-state index is 0.207. The number of sulfonamides is 1. The van der Waals surface area contributed by atoms with Gasteiger partial charge < -0.3 is 5.11 Å². The minimum atomic E-state index is -3.45. The van der Waals surface area contributed by atoms with Crippen LogP contribution >= 0.6 is 0 Å². The second-order valence-electron chi connectivity index (χ2n) is 5.05. The van der Waals surface area contributed by atoms with Crippen molar-refractivity contribution in [3.63, 3.8) is 0 Å². The van der Waals surface area contributed by atoms with Gasteiger partial charge in [-0.3, -0.25) is 0 Å². The van der Waals surface area contributed by atoms with E-state index in [-0.39, 0.29) is 6.54 Å². The molecule has 0 aromatic heterocycles. The first kappa shape index (κ1) is 14.5. The molecule has 1 aromatic carbocycles. The molecule has 0 bridgehead atoms. The predicted molar refractivity (Wildman–Crippen MR) is 74.4 cm³/mol. The van der Waals surface area contributed by atoms with E-state index in [9.17, 15) is 13.5 Å². The summed E-state index contributed by atoms with van der Waals surface area (Å²) >= 11 is 0. The molecule has 1 atom stereocenters. The van der Waals surface area contributed by atoms with Gasteiger partial charge in [0, 0.05) is 13.1 Å². The molecule has 1 aromatic rings. The summed E-state index contributed by atoms with van der Waals surface area (Å²) < 4.78 is 26.2. The van der Waals surface area contributed by atoms with Crippen molar-refractivity contribution in [1.82, 2.24) is 4.31 Å². The van der Waals surface area contributed by atoms with E-state index in [1.807, 2.05) is 12.1 Å². The molecule has 5 heteroatoms. The molecular formula is C14H21NO3S. The number of rotatable bonds is 4. The summed E-state index contributed by atoms with van der Waals surface area (Å²) in [6, 6.07) is 7.08. The van der Waals surface area contributed by atoms with E-state index in [2.05, 4.69) is 6.92 Å². The fraction of sp³-hybridized carbons (Fsp3) is 0.571. The minimum Gasteiger partial charge on any atom is -0.392 e. The molecule has 1 unspecified atom stereocenters. The van der Waals surface area contributed by atoms with Gasteiger partial charge in [0.25, 0.3) is 0 Å². The summed E-state index contributed by atoms with van der Waals surface area (Å²) in [4.78, 5) is 0.321. The molecule has 0 amide bonds. The van der Waals surface area contributed by atoms with Crippen molar-refractivity contribution in [3.05, 3.63) is 29.8 Å². The maximum absolute atomic E-state index is 12.4. The Kier molecular flexibility index (Phi) is 4.60. The molecule has 1 aliphatic heterocycles. The zero-order chi connectivity index (χ0) is 13.9. The van der Waals surface area contributed by atoms with Crippen LogP contribution in [0.3, 0.4) is 0 Å². The van der Waals surface area contributed by atoms with Crippen LogP contribution in [-0.4, -0.2) is 37.0 Å². The molecule has 1 saturated heterocycles. The number of hydrogen-bond donors (Lipinski definition) is 1. The maximum atomic E-state index is 12.4. The number of aryl methyl sites for hydroxylation is 1. The van der Waals surface area contributed by atoms with Crippen molar-refractivity contribution in [3.8, 4) is 0 Å². The van der Waals surface area contributed by atoms with Gasteiger partial charge in [-0.15, -0.1) is 0 Å². The molecule has 0 spiro atoms. The van der Waals surface area contributed by atoms with Gasteiger partial charge in [0.1, 0.15) is 0 Å². The molecule has 4 nitrogen and oxygen atoms in total. The van der Waals surface area contributed by atoms with E-state index in [0.29, 0.717) is 24.3 Å². The van der Waals surface area contributed by atoms with E-state index in [1.54, 1.807) is 12.1 Å². The lowest BCUT2D eigenvalue weighted by molar-refractivity contribution is 0.108. The molecule has 0 aliphatic carbocycles. The van der Waals surface area contributed by atoms with Crippen LogP contribution in [0.5, 0.6) is 0 Å². The number of hydrogen-bond acceptors (Lipinski definition) is 3. The molecule has 19 heavy (non-hydrogen) atoms. The third-order valence-corrected chi connectivity index (χ3v) is 5.34. The number of aliphatic hydroxyl groups is 1. The van der Waals surface area contributed by atoms with Crippen LogP contribution in [0.2, 0.25) is 0 Å². The number of benzene rings is 1. The number of nitrogens with zero attached hydrogens (tertiary/aromatic N) is 1. The van der Waals surface area contributed by atoms with Gasteiger partial charge in [-0.2, -0.15) is 4.31 Å². The first-order chi connectivity index (χ1) is 9.04. The zero-order valence-corrected chi connectivity index (χ0v) is 12.1. The quantitative estimate of drug-likeness (QED) is 0.916. The summed E-state index contributed by atoms with van der Waals surface area (Å²) in [6.45, 7) is 2.80. The standard InChI is InChI=1S/C14H21NO3S/c1-2-4-12-6-8-14(9-7-12)19(17,18)15-10-3-5-13(16)11-15/h6-9,13,16H,2-5,10-11H2,1H3. The second-order valence-corrected chi connectivity index (χ2v) is 6.99. The average molecular weight is 283 g/mol. The Bertz CT molecular complexity index is 510. The van der Waals surface area contributed by atoms with E-state index in [1.165, 1.54) is 4.31 Å². The molecule has 0 saturated carbocycles. The van der Waals surface area contributed by atoms with E-state index in [0.717, 1.165) is 18.4 Å². The highest BCUT2D eigenvalue weighted by atomic mass is 32.2. The van der Waals surface area contributed by atoms with E-state index in [4.69, 9.17) is 0 Å². The van der Waals surface area contributed by atoms with E-state index < -0.39 is 16.1 Å². The molecule has 106 valence electrons. The molecule has 1 fully saturated rings. The Morgan fingerprint density at radius 1 is 1.32 bits per heavy atom. The van der Waals surface area contributed by atoms with Gasteiger partial charge >= 0.3 is 0 Å². The first-order valence-corrected chi connectivity index (χ1v) is 8.25. The maximum Gasteiger partial charge on any atom is 0.243 e. The van der Waals surface area contributed by atoms with E-state index >= 15 is 0 Å². The van der Waals surface area contributed by atoms with Gasteiger partial charge in [-0.25, -0.2) is 8.42 Å². The molecule has 1 N–H and O–H groups in total. The molecule has 0 radical (unpaired) electrons. The van der Waals surface area contributed by atoms with Gasteiger partial charge in [0.05, 0.1) is 11.0 Å². The summed E-state index contributed by atoms with van der Waals surface area (Å²) in [5.41, 5.74) is 1.15. The predicted octanol–water partition coefficient (Wildman–Crippen LogP) is 1.78. The van der Waals surface area contributed by atoms with Crippen molar-refractivity contribution < 1.29 is 13.5 Å². The monoisotopic (exact) mass is 283 g/mol. The molecular weight excluding hydrogens is 262 g/mol. The Morgan fingerprint density at radius 2 is 2.00 bits per heavy atom. The highest BCUT2D eigenvalue weighted by Gasteiger charge is 2.29. The van der Waals surface area contributed by atoms with Crippen molar-refractivity contribution >= 4 is 10.0 Å². The van der Waals surface area contributed by atoms with Crippen LogP contribution in [0.25, 0.3) is 0 Å². The Morgan fingerprint density at radius 3 is 2.58 bits per heavy atom. The molecule has 2 rings (SSSR count). The lowest BCUT2D eigenvalue weighted by Crippen LogP contribution is -2.42. The van der Waals surface area contributed by atoms with Crippen LogP contribution in [0.1, 0.15) is 31.7 Å². The topological polar surface area (TPSA) is 57.6 Å². The van der Waals surface area contributed by atoms with Gasteiger partial charge in [0.15, 0.2) is 0 Å². The van der Waals surface area contributed by atoms with Crippen LogP contribution in [0.4, 0.5) is 0 Å². The third-order valence-electron chi connectivity index (χ3n) is 3.46. The molecule has 1 aliphatic rings. The van der Waals surface area contributed by atoms with Crippen LogP contribution in [0.15, 0.2) is 29.2 Å². The SMILES string of the molecule is CCCc1ccc(S(=O)(=O)N2CCCC(O)C2)cc1. The summed E-state index contributed by atoms with van der Waals surface area (Å²) in [7, 11) is -3.45. The average Bonchev–Trinajstić information content (AvgIpc) is 2.40. The fourth-order valence-corrected chi connectivity index (χ4v) is 3.92. The van der Waals surface area contributed by atoms with Crippen LogP contribution in [-0.2, 0) is 16.4 Å². The van der Waals surface area contributed by atoms with Crippen molar-refractivity contribution in [1.29, 1.82) is 0 Å². The number of piperidine rings is 1. The first-order valence-electron chi connectivity index (χ1n) is 6.81. The number of β-amino-alcohol motifs (C(OH)–C–C–N with tert-alkyl or cyclic N) is 1. The highest BCUT2D eigenvalue weighted by Crippen LogP contribution is 2.21. The Balaban J connectivity index is 2.18. The Hall–Kier alpha value is -0.910. The summed E-state index contributed by atoms with van der Waals surface area (Å²) in [5, 5.41) is 9.60. The Labute approximate surface area is 115 Å². The smallest absolute Gasteiger partial charge is 0.243 e. The van der Waals surface area contributed by atoms with Crippen molar-refractivity contribution in [2.24, 2.45) is 0 Å². The summed E-state index contributed by atoms with van der Waals surface area (Å²) in [5.74, 6) is 0. The number of aliphatic hydroxyl groups excluding tert-OH is 1. The largest absolute Gasteiger partial charge is 0.392 e. The fourth-order valence-electron chi connectivity index (χ4n) is 2.41. The van der Waals surface area contributed by atoms with Crippen molar-refractivity contribution in [2.45, 2.75) is 43.6 Å². The van der Waals surface area contributed by atoms with Gasteiger partial charge in [-0.1, -0.05) is 25.5 Å². The van der Waals surface area contributed by atoms with Crippen molar-refractivity contribution in [2.75, 3.05) is 13.1 Å². The molecule has 1 heterocycles. The third kappa shape index (κ3) is 3.35. The van der Waals surface area contributed by atoms with Gasteiger partial charge in [-0.05, 0) is 37.0 Å². The highest BCUT2D eigenvalue weighted by molar-refractivity contribution is 7.89. The second kappa shape index (κ2) is 6.03.